The summed E-state index contributed by atoms with van der Waals surface area (Å²) in [6, 6.07) is 71.3. The molecule has 4 aromatic heterocycles. The van der Waals surface area contributed by atoms with Crippen molar-refractivity contribution in [3.8, 4) is 45.5 Å². The van der Waals surface area contributed by atoms with Crippen LogP contribution in [0.4, 0.5) is 0 Å². The van der Waals surface area contributed by atoms with E-state index in [0.717, 1.165) is 33.2 Å². The molecule has 13 aromatic rings. The molecule has 0 saturated carbocycles. The van der Waals surface area contributed by atoms with Crippen molar-refractivity contribution < 1.29 is 0 Å². The van der Waals surface area contributed by atoms with Crippen LogP contribution in [0.3, 0.4) is 0 Å². The van der Waals surface area contributed by atoms with Gasteiger partial charge in [0.2, 0.25) is 0 Å². The van der Waals surface area contributed by atoms with Crippen molar-refractivity contribution in [2.45, 2.75) is 0 Å². The first-order valence-electron chi connectivity index (χ1n) is 20.5. The molecule has 4 heterocycles. The lowest BCUT2D eigenvalue weighted by molar-refractivity contribution is 1.08. The van der Waals surface area contributed by atoms with Crippen molar-refractivity contribution in [3.05, 3.63) is 200 Å². The Balaban J connectivity index is 1.02. The predicted molar refractivity (Wildman–Crippen MR) is 255 cm³/mol. The van der Waals surface area contributed by atoms with Crippen molar-refractivity contribution in [1.29, 1.82) is 0 Å². The first-order valence-corrected chi connectivity index (χ1v) is 21.3. The van der Waals surface area contributed by atoms with Crippen molar-refractivity contribution in [2.75, 3.05) is 0 Å². The first-order chi connectivity index (χ1) is 30.3. The summed E-state index contributed by atoms with van der Waals surface area (Å²) in [7, 11) is 0. The van der Waals surface area contributed by atoms with Gasteiger partial charge in [-0.1, -0.05) is 146 Å². The molecule has 0 N–H and O–H groups in total. The fraction of sp³-hybridized carbons (Fsp3) is 0. The number of hydrogen-bond donors (Lipinski definition) is 0. The maximum absolute atomic E-state index is 5.12. The van der Waals surface area contributed by atoms with Gasteiger partial charge >= 0.3 is 0 Å². The summed E-state index contributed by atoms with van der Waals surface area (Å²) >= 11 is 1.87. The summed E-state index contributed by atoms with van der Waals surface area (Å²) in [6.45, 7) is 0. The first kappa shape index (κ1) is 34.0. The number of para-hydroxylation sites is 3. The fourth-order valence-electron chi connectivity index (χ4n) is 9.52. The van der Waals surface area contributed by atoms with E-state index in [0.29, 0.717) is 17.5 Å². The fourth-order valence-corrected chi connectivity index (χ4v) is 10.7. The van der Waals surface area contributed by atoms with Crippen molar-refractivity contribution in [2.24, 2.45) is 0 Å². The van der Waals surface area contributed by atoms with Crippen LogP contribution in [0.2, 0.25) is 0 Å². The molecule has 0 fully saturated rings. The maximum Gasteiger partial charge on any atom is 0.164 e. The predicted octanol–water partition coefficient (Wildman–Crippen LogP) is 14.6. The molecular formula is C55H33N5S. The molecule has 0 spiro atoms. The lowest BCUT2D eigenvalue weighted by Crippen LogP contribution is -2.01. The van der Waals surface area contributed by atoms with Crippen LogP contribution in [0.5, 0.6) is 0 Å². The van der Waals surface area contributed by atoms with Crippen molar-refractivity contribution in [1.82, 2.24) is 24.1 Å². The third-order valence-electron chi connectivity index (χ3n) is 12.2. The minimum absolute atomic E-state index is 0.643. The van der Waals surface area contributed by atoms with E-state index in [9.17, 15) is 0 Å². The molecule has 9 aromatic carbocycles. The average molecular weight is 796 g/mol. The molecule has 13 rings (SSSR count). The molecule has 284 valence electrons. The normalized spacial score (nSPS) is 11.9. The molecule has 0 bridgehead atoms. The van der Waals surface area contributed by atoms with Crippen LogP contribution in [0, 0.1) is 0 Å². The molecule has 0 aliphatic carbocycles. The van der Waals surface area contributed by atoms with Crippen molar-refractivity contribution in [3.63, 3.8) is 0 Å². The Morgan fingerprint density at radius 3 is 1.52 bits per heavy atom. The van der Waals surface area contributed by atoms with Crippen molar-refractivity contribution >= 4 is 85.9 Å². The Kier molecular flexibility index (Phi) is 7.41. The average Bonchev–Trinajstić information content (AvgIpc) is 3.99. The summed E-state index contributed by atoms with van der Waals surface area (Å²) in [6.07, 6.45) is 0. The summed E-state index contributed by atoms with van der Waals surface area (Å²) in [5, 5.41) is 9.82. The van der Waals surface area contributed by atoms with Gasteiger partial charge in [0.25, 0.3) is 0 Å². The number of benzene rings is 9. The van der Waals surface area contributed by atoms with Gasteiger partial charge in [-0.2, -0.15) is 0 Å². The van der Waals surface area contributed by atoms with E-state index >= 15 is 0 Å². The van der Waals surface area contributed by atoms with Gasteiger partial charge in [0.05, 0.1) is 27.8 Å². The van der Waals surface area contributed by atoms with Crippen LogP contribution in [0.15, 0.2) is 200 Å². The summed E-state index contributed by atoms with van der Waals surface area (Å²) < 4.78 is 7.41. The standard InChI is InChI=1S/C55H33N5S/c1-3-15-34(16-4-1)53-56-54(35-17-5-2-6-18-35)58-55(57-53)41-29-30-47(38-20-8-7-19-37(38)41)60-46-26-14-11-23-42(46)51-48(60)31-32-49-52(51)43-28-27-36(33-50(43)61-49)59-44-24-12-9-21-39(44)40-22-10-13-25-45(40)59/h1-33H. The third-order valence-corrected chi connectivity index (χ3v) is 13.3. The molecule has 0 aliphatic heterocycles. The molecule has 0 aliphatic rings. The molecule has 6 heteroatoms. The van der Waals surface area contributed by atoms with Crippen LogP contribution in [0.25, 0.3) is 120 Å². The minimum atomic E-state index is 0.643. The second kappa shape index (κ2) is 13.3. The SMILES string of the molecule is c1ccc(-c2nc(-c3ccccc3)nc(-c3ccc(-n4c5ccccc5c5c6c(ccc54)sc4cc(-n5c7ccccc7c7ccccc75)ccc46)c4ccccc34)n2)cc1. The number of thiophene rings is 1. The van der Waals surface area contributed by atoms with Gasteiger partial charge < -0.3 is 9.13 Å². The maximum atomic E-state index is 5.12. The Morgan fingerprint density at radius 2 is 0.869 bits per heavy atom. The number of fused-ring (bicyclic) bond motifs is 11. The largest absolute Gasteiger partial charge is 0.309 e. The van der Waals surface area contributed by atoms with E-state index in [1.165, 1.54) is 69.5 Å². The molecule has 0 unspecified atom stereocenters. The van der Waals surface area contributed by atoms with Gasteiger partial charge in [-0.25, -0.2) is 15.0 Å². The van der Waals surface area contributed by atoms with E-state index in [-0.39, 0.29) is 0 Å². The Bertz CT molecular complexity index is 3770. The van der Waals surface area contributed by atoms with Crippen LogP contribution in [-0.4, -0.2) is 24.1 Å². The number of aromatic nitrogens is 5. The van der Waals surface area contributed by atoms with Crippen LogP contribution < -0.4 is 0 Å². The molecule has 0 amide bonds. The van der Waals surface area contributed by atoms with Gasteiger partial charge in [-0.05, 0) is 60.0 Å². The molecular weight excluding hydrogens is 763 g/mol. The highest BCUT2D eigenvalue weighted by Gasteiger charge is 2.22. The molecule has 61 heavy (non-hydrogen) atoms. The highest BCUT2D eigenvalue weighted by molar-refractivity contribution is 7.26. The second-order valence-electron chi connectivity index (χ2n) is 15.6. The minimum Gasteiger partial charge on any atom is -0.309 e. The molecule has 0 radical (unpaired) electrons. The summed E-state index contributed by atoms with van der Waals surface area (Å²) in [5.41, 5.74) is 9.92. The van der Waals surface area contributed by atoms with Gasteiger partial charge in [-0.15, -0.1) is 11.3 Å². The zero-order chi connectivity index (χ0) is 40.0. The highest BCUT2D eigenvalue weighted by atomic mass is 32.1. The second-order valence-corrected chi connectivity index (χ2v) is 16.6. The lowest BCUT2D eigenvalue weighted by Gasteiger charge is -2.15. The quantitative estimate of drug-likeness (QED) is 0.174. The number of nitrogens with zero attached hydrogens (tertiary/aromatic N) is 5. The van der Waals surface area contributed by atoms with E-state index in [4.69, 9.17) is 15.0 Å². The van der Waals surface area contributed by atoms with E-state index in [1.54, 1.807) is 0 Å². The zero-order valence-electron chi connectivity index (χ0n) is 32.7. The zero-order valence-corrected chi connectivity index (χ0v) is 33.5. The Morgan fingerprint density at radius 1 is 0.328 bits per heavy atom. The lowest BCUT2D eigenvalue weighted by atomic mass is 10.0. The van der Waals surface area contributed by atoms with Crippen LogP contribution in [-0.2, 0) is 0 Å². The van der Waals surface area contributed by atoms with E-state index in [2.05, 4.69) is 173 Å². The molecule has 5 nitrogen and oxygen atoms in total. The highest BCUT2D eigenvalue weighted by Crippen LogP contribution is 2.45. The molecule has 0 saturated heterocycles. The smallest absolute Gasteiger partial charge is 0.164 e. The summed E-state index contributed by atoms with van der Waals surface area (Å²) in [4.78, 5) is 15.2. The monoisotopic (exact) mass is 795 g/mol. The third kappa shape index (κ3) is 5.16. The van der Waals surface area contributed by atoms with Crippen LogP contribution >= 0.6 is 11.3 Å². The van der Waals surface area contributed by atoms with Gasteiger partial charge in [0, 0.05) is 69.5 Å². The van der Waals surface area contributed by atoms with Gasteiger partial charge in [-0.3, -0.25) is 0 Å². The topological polar surface area (TPSA) is 48.5 Å². The van der Waals surface area contributed by atoms with Crippen LogP contribution in [0.1, 0.15) is 0 Å². The van der Waals surface area contributed by atoms with E-state index in [1.807, 2.05) is 47.7 Å². The Hall–Kier alpha value is -7.93. The van der Waals surface area contributed by atoms with Gasteiger partial charge in [0.15, 0.2) is 17.5 Å². The Labute approximate surface area is 354 Å². The summed E-state index contributed by atoms with van der Waals surface area (Å²) in [5.74, 6) is 1.94. The van der Waals surface area contributed by atoms with E-state index < -0.39 is 0 Å². The number of hydrogen-bond acceptors (Lipinski definition) is 4. The molecule has 0 atom stereocenters. The van der Waals surface area contributed by atoms with Gasteiger partial charge in [0.1, 0.15) is 0 Å². The number of rotatable bonds is 5.